The maximum atomic E-state index is 11.6. The molecule has 1 rings (SSSR count). The van der Waals surface area contributed by atoms with E-state index >= 15 is 0 Å². The molecule has 0 aliphatic carbocycles. The van der Waals surface area contributed by atoms with Crippen LogP contribution in [0.2, 0.25) is 5.15 Å². The number of aliphatic hydroxyl groups is 1. The first-order chi connectivity index (χ1) is 8.13. The minimum Gasteiger partial charge on any atom is -0.396 e. The molecule has 1 amide bonds. The number of pyridine rings is 1. The Bertz CT molecular complexity index is 354. The van der Waals surface area contributed by atoms with Crippen LogP contribution in [0.25, 0.3) is 0 Å². The number of halogens is 1. The first kappa shape index (κ1) is 13.9. The van der Waals surface area contributed by atoms with Crippen LogP contribution in [0.4, 0.5) is 0 Å². The zero-order chi connectivity index (χ0) is 12.7. The molecule has 0 aliphatic heterocycles. The average Bonchev–Trinajstić information content (AvgIpc) is 2.34. The lowest BCUT2D eigenvalue weighted by atomic mass is 10.1. The SMILES string of the molecule is CC(CO)CCCNC(=O)c1ccc(Cl)nc1. The van der Waals surface area contributed by atoms with E-state index < -0.39 is 0 Å². The molecule has 1 atom stereocenters. The van der Waals surface area contributed by atoms with Crippen molar-refractivity contribution in [2.45, 2.75) is 19.8 Å². The first-order valence-electron chi connectivity index (χ1n) is 5.64. The highest BCUT2D eigenvalue weighted by Crippen LogP contribution is 2.06. The summed E-state index contributed by atoms with van der Waals surface area (Å²) in [6.45, 7) is 2.77. The van der Waals surface area contributed by atoms with Crippen molar-refractivity contribution in [1.29, 1.82) is 0 Å². The van der Waals surface area contributed by atoms with E-state index in [-0.39, 0.29) is 18.4 Å². The van der Waals surface area contributed by atoms with Crippen LogP contribution in [0.15, 0.2) is 18.3 Å². The number of carbonyl (C=O) groups is 1. The molecule has 0 spiro atoms. The van der Waals surface area contributed by atoms with Crippen molar-refractivity contribution in [1.82, 2.24) is 10.3 Å². The maximum Gasteiger partial charge on any atom is 0.252 e. The van der Waals surface area contributed by atoms with Gasteiger partial charge >= 0.3 is 0 Å². The van der Waals surface area contributed by atoms with Crippen molar-refractivity contribution in [2.75, 3.05) is 13.2 Å². The van der Waals surface area contributed by atoms with Gasteiger partial charge in [0.2, 0.25) is 0 Å². The molecule has 5 heteroatoms. The molecular weight excluding hydrogens is 240 g/mol. The van der Waals surface area contributed by atoms with Gasteiger partial charge in [0.25, 0.3) is 5.91 Å². The van der Waals surface area contributed by atoms with E-state index in [1.807, 2.05) is 6.92 Å². The number of nitrogens with zero attached hydrogens (tertiary/aromatic N) is 1. The third kappa shape index (κ3) is 5.15. The van der Waals surface area contributed by atoms with Crippen LogP contribution in [-0.2, 0) is 0 Å². The number of hydrogen-bond acceptors (Lipinski definition) is 3. The Kier molecular flexibility index (Phi) is 5.94. The van der Waals surface area contributed by atoms with Crippen LogP contribution in [-0.4, -0.2) is 29.1 Å². The predicted molar refractivity (Wildman–Crippen MR) is 67.1 cm³/mol. The summed E-state index contributed by atoms with van der Waals surface area (Å²) >= 11 is 5.63. The number of amides is 1. The Balaban J connectivity index is 2.28. The molecule has 0 aromatic carbocycles. The maximum absolute atomic E-state index is 11.6. The molecule has 0 fully saturated rings. The number of nitrogens with one attached hydrogen (secondary N) is 1. The van der Waals surface area contributed by atoms with E-state index in [1.54, 1.807) is 12.1 Å². The first-order valence-corrected chi connectivity index (χ1v) is 6.02. The Hall–Kier alpha value is -1.13. The number of hydrogen-bond donors (Lipinski definition) is 2. The molecule has 1 aromatic rings. The lowest BCUT2D eigenvalue weighted by molar-refractivity contribution is 0.0951. The molecule has 0 bridgehead atoms. The molecule has 1 heterocycles. The fourth-order valence-electron chi connectivity index (χ4n) is 1.36. The van der Waals surface area contributed by atoms with Crippen LogP contribution >= 0.6 is 11.6 Å². The Morgan fingerprint density at radius 3 is 2.94 bits per heavy atom. The predicted octanol–water partition coefficient (Wildman–Crippen LogP) is 1.87. The molecule has 2 N–H and O–H groups in total. The average molecular weight is 257 g/mol. The molecule has 17 heavy (non-hydrogen) atoms. The minimum atomic E-state index is -0.147. The molecular formula is C12H17ClN2O2. The van der Waals surface area contributed by atoms with Gasteiger partial charge in [-0.3, -0.25) is 4.79 Å². The summed E-state index contributed by atoms with van der Waals surface area (Å²) in [6, 6.07) is 3.23. The number of carbonyl (C=O) groups excluding carboxylic acids is 1. The van der Waals surface area contributed by atoms with E-state index in [9.17, 15) is 4.79 Å². The summed E-state index contributed by atoms with van der Waals surface area (Å²) < 4.78 is 0. The number of aliphatic hydroxyl groups excluding tert-OH is 1. The van der Waals surface area contributed by atoms with Crippen molar-refractivity contribution in [3.63, 3.8) is 0 Å². The molecule has 0 saturated heterocycles. The highest BCUT2D eigenvalue weighted by Gasteiger charge is 2.05. The standard InChI is InChI=1S/C12H17ClN2O2/c1-9(8-16)3-2-6-14-12(17)10-4-5-11(13)15-7-10/h4-5,7,9,16H,2-3,6,8H2,1H3,(H,14,17). The summed E-state index contributed by atoms with van der Waals surface area (Å²) in [6.07, 6.45) is 3.21. The van der Waals surface area contributed by atoms with E-state index in [0.717, 1.165) is 12.8 Å². The zero-order valence-corrected chi connectivity index (χ0v) is 10.6. The minimum absolute atomic E-state index is 0.147. The molecule has 0 saturated carbocycles. The van der Waals surface area contributed by atoms with Gasteiger partial charge < -0.3 is 10.4 Å². The quantitative estimate of drug-likeness (QED) is 0.603. The van der Waals surface area contributed by atoms with Gasteiger partial charge in [-0.2, -0.15) is 0 Å². The molecule has 94 valence electrons. The van der Waals surface area contributed by atoms with Gasteiger partial charge in [-0.15, -0.1) is 0 Å². The van der Waals surface area contributed by atoms with Crippen LogP contribution in [0.3, 0.4) is 0 Å². The fourth-order valence-corrected chi connectivity index (χ4v) is 1.47. The van der Waals surface area contributed by atoms with E-state index in [2.05, 4.69) is 10.3 Å². The normalized spacial score (nSPS) is 12.2. The summed E-state index contributed by atoms with van der Waals surface area (Å²) in [4.78, 5) is 15.5. The second-order valence-electron chi connectivity index (χ2n) is 4.06. The monoisotopic (exact) mass is 256 g/mol. The summed E-state index contributed by atoms with van der Waals surface area (Å²) in [5.74, 6) is 0.134. The molecule has 1 unspecified atom stereocenters. The van der Waals surface area contributed by atoms with Gasteiger partial charge in [-0.25, -0.2) is 4.98 Å². The highest BCUT2D eigenvalue weighted by molar-refractivity contribution is 6.29. The van der Waals surface area contributed by atoms with Crippen molar-refractivity contribution in [2.24, 2.45) is 5.92 Å². The zero-order valence-electron chi connectivity index (χ0n) is 9.82. The van der Waals surface area contributed by atoms with Crippen molar-refractivity contribution in [3.05, 3.63) is 29.0 Å². The smallest absolute Gasteiger partial charge is 0.252 e. The van der Waals surface area contributed by atoms with Crippen LogP contribution < -0.4 is 5.32 Å². The van der Waals surface area contributed by atoms with Gasteiger partial charge in [-0.1, -0.05) is 18.5 Å². The Morgan fingerprint density at radius 2 is 2.35 bits per heavy atom. The summed E-state index contributed by atoms with van der Waals surface area (Å²) in [7, 11) is 0. The highest BCUT2D eigenvalue weighted by atomic mass is 35.5. The summed E-state index contributed by atoms with van der Waals surface area (Å²) in [5, 5.41) is 12.0. The van der Waals surface area contributed by atoms with E-state index in [1.165, 1.54) is 6.20 Å². The van der Waals surface area contributed by atoms with Crippen LogP contribution in [0.5, 0.6) is 0 Å². The fraction of sp³-hybridized carbons (Fsp3) is 0.500. The lowest BCUT2D eigenvalue weighted by Gasteiger charge is -2.08. The van der Waals surface area contributed by atoms with Crippen molar-refractivity contribution < 1.29 is 9.90 Å². The topological polar surface area (TPSA) is 62.2 Å². The Morgan fingerprint density at radius 1 is 1.59 bits per heavy atom. The van der Waals surface area contributed by atoms with Crippen LogP contribution in [0.1, 0.15) is 30.1 Å². The van der Waals surface area contributed by atoms with Gasteiger partial charge in [0, 0.05) is 19.3 Å². The van der Waals surface area contributed by atoms with Gasteiger partial charge in [0.15, 0.2) is 0 Å². The van der Waals surface area contributed by atoms with Gasteiger partial charge in [0.05, 0.1) is 5.56 Å². The van der Waals surface area contributed by atoms with E-state index in [0.29, 0.717) is 17.3 Å². The van der Waals surface area contributed by atoms with Crippen molar-refractivity contribution in [3.8, 4) is 0 Å². The summed E-state index contributed by atoms with van der Waals surface area (Å²) in [5.41, 5.74) is 0.504. The van der Waals surface area contributed by atoms with Crippen molar-refractivity contribution >= 4 is 17.5 Å². The Labute approximate surface area is 106 Å². The van der Waals surface area contributed by atoms with Gasteiger partial charge in [-0.05, 0) is 30.9 Å². The number of rotatable bonds is 6. The molecule has 1 aromatic heterocycles. The lowest BCUT2D eigenvalue weighted by Crippen LogP contribution is -2.25. The van der Waals surface area contributed by atoms with Gasteiger partial charge in [0.1, 0.15) is 5.15 Å². The molecule has 0 radical (unpaired) electrons. The number of aromatic nitrogens is 1. The molecule has 0 aliphatic rings. The second kappa shape index (κ2) is 7.25. The third-order valence-electron chi connectivity index (χ3n) is 2.46. The van der Waals surface area contributed by atoms with E-state index in [4.69, 9.17) is 16.7 Å². The third-order valence-corrected chi connectivity index (χ3v) is 2.68. The van der Waals surface area contributed by atoms with Crippen LogP contribution in [0, 0.1) is 5.92 Å². The molecule has 4 nitrogen and oxygen atoms in total. The largest absolute Gasteiger partial charge is 0.396 e. The second-order valence-corrected chi connectivity index (χ2v) is 4.44.